The second kappa shape index (κ2) is 12.1. The molecule has 1 aromatic heterocycles. The fraction of sp³-hybridized carbons (Fsp3) is 0.536. The van der Waals surface area contributed by atoms with Crippen molar-refractivity contribution in [3.8, 4) is 6.07 Å². The summed E-state index contributed by atoms with van der Waals surface area (Å²) in [6.45, 7) is 13.7. The Morgan fingerprint density at radius 2 is 1.87 bits per heavy atom. The van der Waals surface area contributed by atoms with Crippen molar-refractivity contribution in [2.24, 2.45) is 5.41 Å². The Bertz CT molecular complexity index is 1220. The summed E-state index contributed by atoms with van der Waals surface area (Å²) in [4.78, 5) is 36.3. The number of fused-ring (bicyclic) bond motifs is 4. The zero-order chi connectivity index (χ0) is 29.0. The van der Waals surface area contributed by atoms with Crippen molar-refractivity contribution in [1.82, 2.24) is 25.2 Å². The molecule has 1 N–H and O–H groups in total. The van der Waals surface area contributed by atoms with Crippen LogP contribution in [0.4, 0.5) is 14.6 Å². The van der Waals surface area contributed by atoms with Gasteiger partial charge in [-0.05, 0) is 43.5 Å². The highest BCUT2D eigenvalue weighted by molar-refractivity contribution is 5.95. The smallest absolute Gasteiger partial charge is 0.295 e. The molecule has 0 radical (unpaired) electrons. The molecule has 1 fully saturated rings. The van der Waals surface area contributed by atoms with Gasteiger partial charge in [0.15, 0.2) is 11.6 Å². The van der Waals surface area contributed by atoms with E-state index in [1.54, 1.807) is 11.2 Å². The number of nitrogens with zero attached hydrogens (tertiary/aromatic N) is 6. The average molecular weight is 542 g/mol. The molecule has 0 unspecified atom stereocenters. The van der Waals surface area contributed by atoms with Gasteiger partial charge >= 0.3 is 0 Å². The Hall–Kier alpha value is -3.49. The molecule has 0 aliphatic carbocycles. The summed E-state index contributed by atoms with van der Waals surface area (Å²) >= 11 is 0. The first kappa shape index (κ1) is 30.1. The highest BCUT2D eigenvalue weighted by Crippen LogP contribution is 2.31. The first-order chi connectivity index (χ1) is 18.2. The van der Waals surface area contributed by atoms with Crippen LogP contribution in [0.5, 0.6) is 0 Å². The number of carbonyl (C=O) groups excluding carboxylic acids is 2. The van der Waals surface area contributed by atoms with Gasteiger partial charge in [0, 0.05) is 62.5 Å². The number of benzene rings is 1. The molecule has 2 aromatic rings. The van der Waals surface area contributed by atoms with E-state index in [1.165, 1.54) is 5.56 Å². The number of nitrogens with one attached hydrogen (secondary N) is 1. The number of nitriles is 1. The largest absolute Gasteiger partial charge is 0.303 e. The van der Waals surface area contributed by atoms with Crippen LogP contribution in [0.3, 0.4) is 0 Å². The maximum absolute atomic E-state index is 13.2. The SMILES string of the molecule is CC(=O)C(F)F.CN1CCN2Cc3ccc(cc3)C(=O)NN(CC(C)(C)C)c3nc(C#N)ncc3C[C@]2(C)C1. The second-order valence-corrected chi connectivity index (χ2v) is 11.7. The molecule has 1 aromatic carbocycles. The highest BCUT2D eigenvalue weighted by atomic mass is 19.3. The predicted octanol–water partition coefficient (Wildman–Crippen LogP) is 3.45. The van der Waals surface area contributed by atoms with Gasteiger partial charge in [0.2, 0.25) is 5.82 Å². The zero-order valence-corrected chi connectivity index (χ0v) is 23.5. The van der Waals surface area contributed by atoms with Crippen molar-refractivity contribution in [1.29, 1.82) is 5.26 Å². The molecule has 210 valence electrons. The summed E-state index contributed by atoms with van der Waals surface area (Å²) in [5.41, 5.74) is 5.47. The van der Waals surface area contributed by atoms with E-state index in [9.17, 15) is 23.6 Å². The van der Waals surface area contributed by atoms with Crippen LogP contribution in [-0.2, 0) is 17.8 Å². The fourth-order valence-electron chi connectivity index (χ4n) is 4.79. The van der Waals surface area contributed by atoms with Gasteiger partial charge in [0.25, 0.3) is 12.3 Å². The van der Waals surface area contributed by atoms with Crippen molar-refractivity contribution in [3.63, 3.8) is 0 Å². The van der Waals surface area contributed by atoms with E-state index in [0.717, 1.165) is 38.7 Å². The van der Waals surface area contributed by atoms with E-state index in [1.807, 2.05) is 24.3 Å². The van der Waals surface area contributed by atoms with Crippen molar-refractivity contribution in [2.45, 2.75) is 59.5 Å². The number of aromatic nitrogens is 2. The fourth-order valence-corrected chi connectivity index (χ4v) is 4.79. The van der Waals surface area contributed by atoms with Gasteiger partial charge in [-0.25, -0.2) is 13.8 Å². The average Bonchev–Trinajstić information content (AvgIpc) is 2.85. The molecule has 0 saturated carbocycles. The molecule has 5 rings (SSSR count). The zero-order valence-electron chi connectivity index (χ0n) is 23.5. The number of carbonyl (C=O) groups is 2. The normalized spacial score (nSPS) is 20.3. The Morgan fingerprint density at radius 3 is 2.44 bits per heavy atom. The quantitative estimate of drug-likeness (QED) is 0.617. The van der Waals surface area contributed by atoms with Crippen molar-refractivity contribution in [2.75, 3.05) is 38.2 Å². The van der Waals surface area contributed by atoms with Crippen LogP contribution in [0.15, 0.2) is 30.5 Å². The standard InChI is InChI=1S/C25H33N7O.C3H4F2O/c1-24(2,3)16-32-22-20(14-27-21(13-26)28-22)12-25(4)17-30(5)10-11-31(25)15-18-6-8-19(9-7-18)23(33)29-32;1-2(6)3(4)5/h6-9,14H,10-12,15-17H2,1-5H3,(H,29,33);3H,1H3/t25-;/m1./s1. The van der Waals surface area contributed by atoms with Crippen molar-refractivity contribution in [3.05, 3.63) is 53.0 Å². The number of piperazine rings is 1. The van der Waals surface area contributed by atoms with Crippen LogP contribution in [0.1, 0.15) is 61.9 Å². The minimum Gasteiger partial charge on any atom is -0.303 e. The van der Waals surface area contributed by atoms with Gasteiger partial charge in [-0.2, -0.15) is 10.2 Å². The topological polar surface area (TPSA) is 105 Å². The van der Waals surface area contributed by atoms with Crippen LogP contribution in [-0.4, -0.2) is 76.6 Å². The number of anilines is 1. The lowest BCUT2D eigenvalue weighted by molar-refractivity contribution is -0.127. The summed E-state index contributed by atoms with van der Waals surface area (Å²) < 4.78 is 21.6. The molecule has 9 nitrogen and oxygen atoms in total. The van der Waals surface area contributed by atoms with E-state index in [2.05, 4.69) is 66.0 Å². The number of alkyl halides is 2. The molecule has 3 aliphatic rings. The number of ketones is 1. The molecule has 2 bridgehead atoms. The summed E-state index contributed by atoms with van der Waals surface area (Å²) in [5, 5.41) is 11.3. The van der Waals surface area contributed by atoms with Crippen LogP contribution >= 0.6 is 0 Å². The monoisotopic (exact) mass is 541 g/mol. The Kier molecular flexibility index (Phi) is 9.35. The molecule has 3 aliphatic heterocycles. The molecular weight excluding hydrogens is 504 g/mol. The molecule has 0 spiro atoms. The van der Waals surface area contributed by atoms with Crippen molar-refractivity contribution >= 4 is 17.5 Å². The molecule has 4 heterocycles. The molecule has 1 saturated heterocycles. The third-order valence-electron chi connectivity index (χ3n) is 6.66. The molecule has 39 heavy (non-hydrogen) atoms. The van der Waals surface area contributed by atoms with Gasteiger partial charge in [0.1, 0.15) is 6.07 Å². The van der Waals surface area contributed by atoms with Crippen LogP contribution in [0, 0.1) is 16.7 Å². The molecule has 1 atom stereocenters. The van der Waals surface area contributed by atoms with Crippen LogP contribution < -0.4 is 10.4 Å². The molecule has 11 heteroatoms. The predicted molar refractivity (Wildman–Crippen MR) is 144 cm³/mol. The summed E-state index contributed by atoms with van der Waals surface area (Å²) in [6, 6.07) is 9.90. The van der Waals surface area contributed by atoms with Gasteiger partial charge < -0.3 is 4.90 Å². The lowest BCUT2D eigenvalue weighted by Crippen LogP contribution is -2.60. The summed E-state index contributed by atoms with van der Waals surface area (Å²) in [6.07, 6.45) is -0.331. The van der Waals surface area contributed by atoms with Gasteiger partial charge in [-0.1, -0.05) is 32.9 Å². The number of hydrazine groups is 1. The summed E-state index contributed by atoms with van der Waals surface area (Å²) in [5.74, 6) is -0.584. The second-order valence-electron chi connectivity index (χ2n) is 11.7. The number of rotatable bonds is 2. The number of hydrogen-bond donors (Lipinski definition) is 1. The van der Waals surface area contributed by atoms with E-state index in [4.69, 9.17) is 0 Å². The van der Waals surface area contributed by atoms with Crippen LogP contribution in [0.25, 0.3) is 0 Å². The summed E-state index contributed by atoms with van der Waals surface area (Å²) in [7, 11) is 2.15. The number of amides is 1. The Balaban J connectivity index is 0.000000631. The Labute approximate surface area is 228 Å². The van der Waals surface area contributed by atoms with E-state index >= 15 is 0 Å². The highest BCUT2D eigenvalue weighted by Gasteiger charge is 2.38. The van der Waals surface area contributed by atoms with Crippen molar-refractivity contribution < 1.29 is 18.4 Å². The Morgan fingerprint density at radius 1 is 1.23 bits per heavy atom. The first-order valence-electron chi connectivity index (χ1n) is 12.9. The maximum atomic E-state index is 13.2. The van der Waals surface area contributed by atoms with Gasteiger partial charge in [-0.15, -0.1) is 0 Å². The lowest BCUT2D eigenvalue weighted by Gasteiger charge is -2.48. The number of Topliss-reactive ketones (excluding diaryl/α,β-unsaturated/α-hetero) is 1. The van der Waals surface area contributed by atoms with Gasteiger partial charge in [0.05, 0.1) is 0 Å². The molecular formula is C28H37F2N7O2. The molecule has 1 amide bonds. The third-order valence-corrected chi connectivity index (χ3v) is 6.66. The lowest BCUT2D eigenvalue weighted by atomic mass is 9.88. The van der Waals surface area contributed by atoms with Crippen LogP contribution in [0.2, 0.25) is 0 Å². The minimum atomic E-state index is -2.79. The van der Waals surface area contributed by atoms with E-state index in [0.29, 0.717) is 24.3 Å². The first-order valence-corrected chi connectivity index (χ1v) is 12.9. The van der Waals surface area contributed by atoms with E-state index in [-0.39, 0.29) is 22.7 Å². The third kappa shape index (κ3) is 8.00. The number of likely N-dealkylation sites (N-methyl/N-ethyl adjacent to an activating group) is 1. The van der Waals surface area contributed by atoms with Gasteiger partial charge in [-0.3, -0.25) is 24.9 Å². The minimum absolute atomic E-state index is 0.0953. The number of hydrogen-bond acceptors (Lipinski definition) is 8. The van der Waals surface area contributed by atoms with E-state index < -0.39 is 12.2 Å². The maximum Gasteiger partial charge on any atom is 0.295 e. The number of halogens is 2.